The molecule has 0 unspecified atom stereocenters. The van der Waals surface area contributed by atoms with Crippen molar-refractivity contribution in [3.05, 3.63) is 22.7 Å². The van der Waals surface area contributed by atoms with Gasteiger partial charge in [-0.2, -0.15) is 4.31 Å². The number of nitrogens with two attached hydrogens (primary N) is 2. The van der Waals surface area contributed by atoms with Gasteiger partial charge in [0, 0.05) is 6.54 Å². The number of carbonyl (C=O) groups excluding carboxylic acids is 1. The highest BCUT2D eigenvalue weighted by Crippen LogP contribution is 2.28. The summed E-state index contributed by atoms with van der Waals surface area (Å²) in [6.45, 7) is 3.43. The number of nitrogen functional groups attached to an aromatic ring is 1. The highest BCUT2D eigenvalue weighted by atomic mass is 35.5. The van der Waals surface area contributed by atoms with Crippen LogP contribution >= 0.6 is 11.6 Å². The molecule has 0 fully saturated rings. The number of amides is 1. The smallest absolute Gasteiger partial charge is 0.243 e. The number of unbranched alkanes of at least 4 members (excludes halogenated alkanes) is 1. The lowest BCUT2D eigenvalue weighted by Crippen LogP contribution is -2.39. The standard InChI is InChI=1S/C13H20ClN3O3S/c1-3-4-5-17(8-13(16)18)21(19,20)12-7-11(15)10(14)6-9(12)2/h6-7H,3-5,8,15H2,1-2H3,(H2,16,18). The summed E-state index contributed by atoms with van der Waals surface area (Å²) < 4.78 is 26.4. The molecule has 4 N–H and O–H groups in total. The molecule has 21 heavy (non-hydrogen) atoms. The maximum atomic E-state index is 12.7. The van der Waals surface area contributed by atoms with Crippen LogP contribution in [0.2, 0.25) is 5.02 Å². The predicted octanol–water partition coefficient (Wildman–Crippen LogP) is 1.51. The molecule has 1 aromatic rings. The molecule has 1 aromatic carbocycles. The fourth-order valence-electron chi connectivity index (χ4n) is 1.88. The van der Waals surface area contributed by atoms with Gasteiger partial charge in [0.1, 0.15) is 0 Å². The van der Waals surface area contributed by atoms with Crippen LogP contribution in [0.1, 0.15) is 25.3 Å². The number of primary amides is 1. The van der Waals surface area contributed by atoms with Gasteiger partial charge in [-0.25, -0.2) is 8.42 Å². The van der Waals surface area contributed by atoms with E-state index in [2.05, 4.69) is 0 Å². The first kappa shape index (κ1) is 17.7. The molecule has 0 aliphatic carbocycles. The average Bonchev–Trinajstić information content (AvgIpc) is 2.38. The van der Waals surface area contributed by atoms with Crippen molar-refractivity contribution in [1.82, 2.24) is 4.31 Å². The van der Waals surface area contributed by atoms with E-state index in [-0.39, 0.29) is 23.7 Å². The van der Waals surface area contributed by atoms with Crippen molar-refractivity contribution in [2.75, 3.05) is 18.8 Å². The molecule has 118 valence electrons. The van der Waals surface area contributed by atoms with E-state index in [1.54, 1.807) is 6.92 Å². The molecule has 1 amide bonds. The third-order valence-corrected chi connectivity index (χ3v) is 5.32. The van der Waals surface area contributed by atoms with Crippen molar-refractivity contribution in [2.45, 2.75) is 31.6 Å². The van der Waals surface area contributed by atoms with Crippen LogP contribution in [0.15, 0.2) is 17.0 Å². The first-order valence-electron chi connectivity index (χ1n) is 6.54. The molecule has 0 aromatic heterocycles. The van der Waals surface area contributed by atoms with Crippen LogP contribution in [0, 0.1) is 6.92 Å². The Morgan fingerprint density at radius 3 is 2.52 bits per heavy atom. The van der Waals surface area contributed by atoms with E-state index in [1.807, 2.05) is 6.92 Å². The van der Waals surface area contributed by atoms with Crippen molar-refractivity contribution in [1.29, 1.82) is 0 Å². The van der Waals surface area contributed by atoms with Crippen molar-refractivity contribution >= 4 is 33.2 Å². The van der Waals surface area contributed by atoms with E-state index in [9.17, 15) is 13.2 Å². The van der Waals surface area contributed by atoms with E-state index < -0.39 is 15.9 Å². The molecule has 1 rings (SSSR count). The number of rotatable bonds is 7. The van der Waals surface area contributed by atoms with Crippen molar-refractivity contribution < 1.29 is 13.2 Å². The lowest BCUT2D eigenvalue weighted by Gasteiger charge is -2.22. The summed E-state index contributed by atoms with van der Waals surface area (Å²) in [6.07, 6.45) is 1.43. The molecule has 8 heteroatoms. The zero-order valence-corrected chi connectivity index (χ0v) is 13.7. The fourth-order valence-corrected chi connectivity index (χ4v) is 3.78. The minimum Gasteiger partial charge on any atom is -0.397 e. The molecule has 0 radical (unpaired) electrons. The summed E-state index contributed by atoms with van der Waals surface area (Å²) in [7, 11) is -3.84. The third kappa shape index (κ3) is 4.33. The summed E-state index contributed by atoms with van der Waals surface area (Å²) in [4.78, 5) is 11.2. The Kier molecular flexibility index (Phi) is 6.00. The monoisotopic (exact) mass is 333 g/mol. The maximum Gasteiger partial charge on any atom is 0.243 e. The Labute approximate surface area is 130 Å². The number of halogens is 1. The van der Waals surface area contributed by atoms with Crippen LogP contribution in [0.5, 0.6) is 0 Å². The van der Waals surface area contributed by atoms with Gasteiger partial charge in [-0.05, 0) is 31.0 Å². The first-order valence-corrected chi connectivity index (χ1v) is 8.36. The Bertz CT molecular complexity index is 632. The molecule has 0 heterocycles. The fraction of sp³-hybridized carbons (Fsp3) is 0.462. The third-order valence-electron chi connectivity index (χ3n) is 3.01. The Hall–Kier alpha value is -1.31. The van der Waals surface area contributed by atoms with Gasteiger partial charge in [-0.1, -0.05) is 24.9 Å². The predicted molar refractivity (Wildman–Crippen MR) is 83.5 cm³/mol. The van der Waals surface area contributed by atoms with Crippen molar-refractivity contribution in [3.63, 3.8) is 0 Å². The number of nitrogens with zero attached hydrogens (tertiary/aromatic N) is 1. The zero-order valence-electron chi connectivity index (χ0n) is 12.1. The second-order valence-corrected chi connectivity index (χ2v) is 7.11. The van der Waals surface area contributed by atoms with Gasteiger partial charge in [0.2, 0.25) is 15.9 Å². The molecule has 0 atom stereocenters. The summed E-state index contributed by atoms with van der Waals surface area (Å²) in [5.41, 5.74) is 11.5. The van der Waals surface area contributed by atoms with E-state index in [1.165, 1.54) is 12.1 Å². The molecular formula is C13H20ClN3O3S. The number of carbonyl (C=O) groups is 1. The first-order chi connectivity index (χ1) is 9.70. The highest BCUT2D eigenvalue weighted by molar-refractivity contribution is 7.89. The van der Waals surface area contributed by atoms with E-state index in [0.29, 0.717) is 17.0 Å². The number of benzene rings is 1. The second-order valence-electron chi connectivity index (χ2n) is 4.80. The number of hydrogen-bond acceptors (Lipinski definition) is 4. The van der Waals surface area contributed by atoms with Gasteiger partial charge in [0.05, 0.1) is 22.2 Å². The Morgan fingerprint density at radius 2 is 2.00 bits per heavy atom. The van der Waals surface area contributed by atoms with Gasteiger partial charge in [-0.3, -0.25) is 4.79 Å². The Morgan fingerprint density at radius 1 is 1.38 bits per heavy atom. The minimum atomic E-state index is -3.84. The van der Waals surface area contributed by atoms with Gasteiger partial charge in [0.15, 0.2) is 0 Å². The van der Waals surface area contributed by atoms with Crippen molar-refractivity contribution in [3.8, 4) is 0 Å². The van der Waals surface area contributed by atoms with Crippen LogP contribution in [0.25, 0.3) is 0 Å². The second kappa shape index (κ2) is 7.11. The van der Waals surface area contributed by atoms with Gasteiger partial charge in [0.25, 0.3) is 0 Å². The molecule has 6 nitrogen and oxygen atoms in total. The van der Waals surface area contributed by atoms with E-state index >= 15 is 0 Å². The SMILES string of the molecule is CCCCN(CC(N)=O)S(=O)(=O)c1cc(N)c(Cl)cc1C. The number of hydrogen-bond donors (Lipinski definition) is 2. The van der Waals surface area contributed by atoms with Crippen LogP contribution < -0.4 is 11.5 Å². The summed E-state index contributed by atoms with van der Waals surface area (Å²) in [5, 5.41) is 0.293. The highest BCUT2D eigenvalue weighted by Gasteiger charge is 2.27. The summed E-state index contributed by atoms with van der Waals surface area (Å²) >= 11 is 5.88. The molecule has 0 aliphatic rings. The largest absolute Gasteiger partial charge is 0.397 e. The van der Waals surface area contributed by atoms with Crippen molar-refractivity contribution in [2.24, 2.45) is 5.73 Å². The lowest BCUT2D eigenvalue weighted by molar-refractivity contribution is -0.118. The molecule has 0 saturated carbocycles. The van der Waals surface area contributed by atoms with Crippen LogP contribution in [-0.2, 0) is 14.8 Å². The Balaban J connectivity index is 3.27. The van der Waals surface area contributed by atoms with Gasteiger partial charge < -0.3 is 11.5 Å². The number of aryl methyl sites for hydroxylation is 1. The summed E-state index contributed by atoms with van der Waals surface area (Å²) in [5.74, 6) is -0.700. The molecule has 0 bridgehead atoms. The molecular weight excluding hydrogens is 314 g/mol. The quantitative estimate of drug-likeness (QED) is 0.737. The van der Waals surface area contributed by atoms with Gasteiger partial charge >= 0.3 is 0 Å². The molecule has 0 spiro atoms. The topological polar surface area (TPSA) is 106 Å². The maximum absolute atomic E-state index is 12.7. The summed E-state index contributed by atoms with van der Waals surface area (Å²) in [6, 6.07) is 2.80. The van der Waals surface area contributed by atoms with Gasteiger partial charge in [-0.15, -0.1) is 0 Å². The zero-order chi connectivity index (χ0) is 16.2. The van der Waals surface area contributed by atoms with Crippen LogP contribution in [-0.4, -0.2) is 31.7 Å². The lowest BCUT2D eigenvalue weighted by atomic mass is 10.2. The molecule has 0 aliphatic heterocycles. The number of sulfonamides is 1. The number of anilines is 1. The van der Waals surface area contributed by atoms with E-state index in [0.717, 1.165) is 10.7 Å². The molecule has 0 saturated heterocycles. The average molecular weight is 334 g/mol. The van der Waals surface area contributed by atoms with Crippen LogP contribution in [0.3, 0.4) is 0 Å². The van der Waals surface area contributed by atoms with E-state index in [4.69, 9.17) is 23.1 Å². The normalized spacial score (nSPS) is 11.8. The van der Waals surface area contributed by atoms with Crippen LogP contribution in [0.4, 0.5) is 5.69 Å². The minimum absolute atomic E-state index is 0.0433.